The van der Waals surface area contributed by atoms with E-state index in [1.165, 1.54) is 12.1 Å². The Kier molecular flexibility index (Phi) is 3.63. The van der Waals surface area contributed by atoms with E-state index in [4.69, 9.17) is 17.4 Å². The molecule has 0 bridgehead atoms. The molecular weight excluding hydrogens is 258 g/mol. The molecule has 0 aliphatic carbocycles. The number of anilines is 1. The smallest absolute Gasteiger partial charge is 0.251 e. The first-order valence-corrected chi connectivity index (χ1v) is 5.68. The second-order valence-corrected chi connectivity index (χ2v) is 4.27. The lowest BCUT2D eigenvalue weighted by Gasteiger charge is -2.11. The van der Waals surface area contributed by atoms with E-state index in [0.29, 0.717) is 17.9 Å². The Balaban J connectivity index is 2.08. The summed E-state index contributed by atoms with van der Waals surface area (Å²) in [6.45, 7) is 0.436. The van der Waals surface area contributed by atoms with Gasteiger partial charge < -0.3 is 16.1 Å². The van der Waals surface area contributed by atoms with E-state index in [1.54, 1.807) is 0 Å². The predicted molar refractivity (Wildman–Crippen MR) is 65.9 cm³/mol. The molecule has 1 aromatic rings. The van der Waals surface area contributed by atoms with E-state index in [1.807, 2.05) is 0 Å². The van der Waals surface area contributed by atoms with Gasteiger partial charge in [-0.25, -0.2) is 10.8 Å². The average Bonchev–Trinajstić information content (AvgIpc) is 2.73. The van der Waals surface area contributed by atoms with Gasteiger partial charge in [-0.15, -0.1) is 0 Å². The molecule has 5 N–H and O–H groups in total. The molecule has 1 aliphatic heterocycles. The number of halogens is 1. The first-order chi connectivity index (χ1) is 8.58. The Morgan fingerprint density at radius 1 is 1.56 bits per heavy atom. The lowest BCUT2D eigenvalue weighted by atomic mass is 10.2. The van der Waals surface area contributed by atoms with E-state index in [9.17, 15) is 9.59 Å². The van der Waals surface area contributed by atoms with E-state index in [0.717, 1.165) is 0 Å². The van der Waals surface area contributed by atoms with Crippen molar-refractivity contribution < 1.29 is 9.59 Å². The minimum Gasteiger partial charge on any atom is -0.354 e. The van der Waals surface area contributed by atoms with Gasteiger partial charge in [0, 0.05) is 18.5 Å². The zero-order valence-electron chi connectivity index (χ0n) is 9.37. The van der Waals surface area contributed by atoms with Gasteiger partial charge in [0.25, 0.3) is 5.91 Å². The van der Waals surface area contributed by atoms with Crippen molar-refractivity contribution in [3.8, 4) is 0 Å². The van der Waals surface area contributed by atoms with Gasteiger partial charge in [0.1, 0.15) is 11.0 Å². The third-order valence-electron chi connectivity index (χ3n) is 2.52. The highest BCUT2D eigenvalue weighted by Gasteiger charge is 2.23. The second-order valence-electron chi connectivity index (χ2n) is 3.89. The van der Waals surface area contributed by atoms with Gasteiger partial charge >= 0.3 is 0 Å². The van der Waals surface area contributed by atoms with E-state index >= 15 is 0 Å². The standard InChI is InChI=1S/C10H12ClN5O2/c11-7-1-5(2-8(15-7)16-12)10(18)14-6-3-9(17)13-4-6/h1-2,6H,3-4,12H2,(H,13,17)(H,14,18)(H,15,16). The third kappa shape index (κ3) is 2.88. The van der Waals surface area contributed by atoms with Crippen LogP contribution in [0, 0.1) is 0 Å². The summed E-state index contributed by atoms with van der Waals surface area (Å²) in [7, 11) is 0. The van der Waals surface area contributed by atoms with Crippen LogP contribution >= 0.6 is 11.6 Å². The third-order valence-corrected chi connectivity index (χ3v) is 2.71. The second kappa shape index (κ2) is 5.19. The predicted octanol–water partition coefficient (Wildman–Crippen LogP) is -0.361. The molecule has 96 valence electrons. The maximum absolute atomic E-state index is 11.9. The Hall–Kier alpha value is -1.86. The monoisotopic (exact) mass is 269 g/mol. The number of nitrogens with zero attached hydrogens (tertiary/aromatic N) is 1. The van der Waals surface area contributed by atoms with Gasteiger partial charge in [0.05, 0.1) is 6.04 Å². The molecule has 0 spiro atoms. The van der Waals surface area contributed by atoms with Crippen LogP contribution in [0.15, 0.2) is 12.1 Å². The molecule has 18 heavy (non-hydrogen) atoms. The highest BCUT2D eigenvalue weighted by Crippen LogP contribution is 2.14. The summed E-state index contributed by atoms with van der Waals surface area (Å²) in [5, 5.41) is 5.53. The topological polar surface area (TPSA) is 109 Å². The molecule has 1 atom stereocenters. The molecule has 2 heterocycles. The fourth-order valence-corrected chi connectivity index (χ4v) is 1.89. The molecule has 7 nitrogen and oxygen atoms in total. The fraction of sp³-hybridized carbons (Fsp3) is 0.300. The molecule has 1 saturated heterocycles. The van der Waals surface area contributed by atoms with Gasteiger partial charge in [-0.1, -0.05) is 11.6 Å². The summed E-state index contributed by atoms with van der Waals surface area (Å²) in [5.41, 5.74) is 2.66. The lowest BCUT2D eigenvalue weighted by Crippen LogP contribution is -2.36. The molecule has 0 radical (unpaired) electrons. The van der Waals surface area contributed by atoms with Crippen molar-refractivity contribution in [3.05, 3.63) is 22.8 Å². The van der Waals surface area contributed by atoms with Gasteiger partial charge in [-0.2, -0.15) is 0 Å². The molecule has 1 aliphatic rings. The molecule has 0 aromatic carbocycles. The summed E-state index contributed by atoms with van der Waals surface area (Å²) >= 11 is 5.76. The van der Waals surface area contributed by atoms with E-state index in [2.05, 4.69) is 21.0 Å². The highest BCUT2D eigenvalue weighted by molar-refractivity contribution is 6.29. The lowest BCUT2D eigenvalue weighted by molar-refractivity contribution is -0.119. The molecular formula is C10H12ClN5O2. The van der Waals surface area contributed by atoms with Crippen molar-refractivity contribution in [1.82, 2.24) is 15.6 Å². The molecule has 1 fully saturated rings. The number of nitrogens with two attached hydrogens (primary N) is 1. The van der Waals surface area contributed by atoms with E-state index in [-0.39, 0.29) is 29.4 Å². The number of hydrazine groups is 1. The average molecular weight is 270 g/mol. The number of hydrogen-bond acceptors (Lipinski definition) is 5. The number of aromatic nitrogens is 1. The van der Waals surface area contributed by atoms with Crippen molar-refractivity contribution in [3.63, 3.8) is 0 Å². The molecule has 8 heteroatoms. The van der Waals surface area contributed by atoms with E-state index < -0.39 is 0 Å². The van der Waals surface area contributed by atoms with Crippen LogP contribution in [0.25, 0.3) is 0 Å². The van der Waals surface area contributed by atoms with Crippen LogP contribution in [-0.2, 0) is 4.79 Å². The van der Waals surface area contributed by atoms with Gasteiger partial charge in [0.2, 0.25) is 5.91 Å². The maximum atomic E-state index is 11.9. The van der Waals surface area contributed by atoms with Crippen LogP contribution in [0.2, 0.25) is 5.15 Å². The highest BCUT2D eigenvalue weighted by atomic mass is 35.5. The Bertz CT molecular complexity index is 493. The largest absolute Gasteiger partial charge is 0.354 e. The summed E-state index contributed by atoms with van der Waals surface area (Å²) in [4.78, 5) is 26.8. The minimum absolute atomic E-state index is 0.0719. The van der Waals surface area contributed by atoms with Crippen molar-refractivity contribution in [1.29, 1.82) is 0 Å². The summed E-state index contributed by atoms with van der Waals surface area (Å²) in [5.74, 6) is 5.12. The number of nitrogens with one attached hydrogen (secondary N) is 3. The van der Waals surface area contributed by atoms with Crippen LogP contribution in [-0.4, -0.2) is 29.4 Å². The maximum Gasteiger partial charge on any atom is 0.251 e. The van der Waals surface area contributed by atoms with Gasteiger partial charge in [-0.05, 0) is 12.1 Å². The summed E-state index contributed by atoms with van der Waals surface area (Å²) < 4.78 is 0. The van der Waals surface area contributed by atoms with Crippen molar-refractivity contribution >= 4 is 29.2 Å². The zero-order valence-corrected chi connectivity index (χ0v) is 10.1. The van der Waals surface area contributed by atoms with Crippen LogP contribution < -0.4 is 21.9 Å². The molecule has 1 aromatic heterocycles. The first-order valence-electron chi connectivity index (χ1n) is 5.30. The Morgan fingerprint density at radius 3 is 2.94 bits per heavy atom. The normalized spacial score (nSPS) is 18.3. The van der Waals surface area contributed by atoms with Crippen LogP contribution in [0.3, 0.4) is 0 Å². The zero-order chi connectivity index (χ0) is 13.1. The summed E-state index contributed by atoms with van der Waals surface area (Å²) in [6.07, 6.45) is 0.284. The number of rotatable bonds is 3. The van der Waals surface area contributed by atoms with Crippen molar-refractivity contribution in [2.24, 2.45) is 5.84 Å². The number of carbonyl (C=O) groups is 2. The SMILES string of the molecule is NNc1cc(C(=O)NC2CNC(=O)C2)cc(Cl)n1. The fourth-order valence-electron chi connectivity index (χ4n) is 1.68. The molecule has 2 amide bonds. The van der Waals surface area contributed by atoms with Crippen LogP contribution in [0.4, 0.5) is 5.82 Å². The Morgan fingerprint density at radius 2 is 2.33 bits per heavy atom. The number of hydrogen-bond donors (Lipinski definition) is 4. The number of pyridine rings is 1. The molecule has 0 saturated carbocycles. The van der Waals surface area contributed by atoms with Crippen molar-refractivity contribution in [2.45, 2.75) is 12.5 Å². The molecule has 2 rings (SSSR count). The number of carbonyl (C=O) groups excluding carboxylic acids is 2. The van der Waals surface area contributed by atoms with Crippen LogP contribution in [0.1, 0.15) is 16.8 Å². The number of amides is 2. The Labute approximate surface area is 108 Å². The molecule has 1 unspecified atom stereocenters. The van der Waals surface area contributed by atoms with Gasteiger partial charge in [-0.3, -0.25) is 9.59 Å². The summed E-state index contributed by atoms with van der Waals surface area (Å²) in [6, 6.07) is 2.71. The van der Waals surface area contributed by atoms with Gasteiger partial charge in [0.15, 0.2) is 0 Å². The van der Waals surface area contributed by atoms with Crippen LogP contribution in [0.5, 0.6) is 0 Å². The first kappa shape index (κ1) is 12.6. The van der Waals surface area contributed by atoms with Crippen molar-refractivity contribution in [2.75, 3.05) is 12.0 Å². The minimum atomic E-state index is -0.322. The number of nitrogen functional groups attached to an aromatic ring is 1. The quantitative estimate of drug-likeness (QED) is 0.340.